The van der Waals surface area contributed by atoms with Crippen LogP contribution < -0.4 is 0 Å². The minimum absolute atomic E-state index is 0.123. The summed E-state index contributed by atoms with van der Waals surface area (Å²) in [6.07, 6.45) is 3.79. The van der Waals surface area contributed by atoms with Gasteiger partial charge in [-0.1, -0.05) is 6.08 Å². The highest BCUT2D eigenvalue weighted by molar-refractivity contribution is 7.80. The summed E-state index contributed by atoms with van der Waals surface area (Å²) in [6.45, 7) is 5.60. The van der Waals surface area contributed by atoms with Gasteiger partial charge in [0.25, 0.3) is 11.8 Å². The Morgan fingerprint density at radius 3 is 2.30 bits per heavy atom. The summed E-state index contributed by atoms with van der Waals surface area (Å²) in [5.74, 6) is -0.705. The molecule has 0 aromatic heterocycles. The average Bonchev–Trinajstić information content (AvgIpc) is 2.79. The zero-order valence-corrected chi connectivity index (χ0v) is 15.0. The first-order valence-corrected chi connectivity index (χ1v) is 7.98. The number of rotatable bonds is 4. The molecule has 6 nitrogen and oxygen atoms in total. The third kappa shape index (κ3) is 3.22. The number of likely N-dealkylation sites (N-methyl/N-ethyl adjacent to an activating group) is 2. The minimum atomic E-state index is -0.353. The number of ether oxygens (including phenoxy) is 1. The van der Waals surface area contributed by atoms with E-state index in [0.29, 0.717) is 6.61 Å². The molecule has 0 radical (unpaired) electrons. The predicted molar refractivity (Wildman–Crippen MR) is 91.8 cm³/mol. The summed E-state index contributed by atoms with van der Waals surface area (Å²) < 4.78 is 5.14. The fourth-order valence-corrected chi connectivity index (χ4v) is 3.13. The van der Waals surface area contributed by atoms with Gasteiger partial charge in [-0.25, -0.2) is 0 Å². The van der Waals surface area contributed by atoms with Crippen LogP contribution in [0.25, 0.3) is 0 Å². The zero-order chi connectivity index (χ0) is 17.3. The third-order valence-electron chi connectivity index (χ3n) is 4.45. The van der Waals surface area contributed by atoms with Gasteiger partial charge in [-0.2, -0.15) is 0 Å². The monoisotopic (exact) mass is 337 g/mol. The zero-order valence-electron chi connectivity index (χ0n) is 14.2. The number of carbonyl (C=O) groups excluding carboxylic acids is 2. The third-order valence-corrected chi connectivity index (χ3v) is 4.99. The van der Waals surface area contributed by atoms with Crippen molar-refractivity contribution in [3.05, 3.63) is 23.3 Å². The van der Waals surface area contributed by atoms with Crippen molar-refractivity contribution < 1.29 is 14.3 Å². The second-order valence-electron chi connectivity index (χ2n) is 5.88. The van der Waals surface area contributed by atoms with Crippen molar-refractivity contribution in [3.63, 3.8) is 0 Å². The second kappa shape index (κ2) is 6.90. The topological polar surface area (TPSA) is 53.1 Å². The van der Waals surface area contributed by atoms with Crippen LogP contribution in [0.3, 0.4) is 0 Å². The number of methoxy groups -OCH3 is 1. The highest BCUT2D eigenvalue weighted by Crippen LogP contribution is 2.27. The smallest absolute Gasteiger partial charge is 0.265 e. The number of thiocarbonyl (C=S) groups is 1. The quantitative estimate of drug-likeness (QED) is 0.431. The first-order chi connectivity index (χ1) is 10.8. The molecular formula is C16H23N3O3S. The fraction of sp³-hybridized carbons (Fsp3) is 0.562. The molecule has 2 rings (SSSR count). The number of carbonyl (C=O) groups is 2. The SMILES string of the molecule is COCCN1C(C)C=C(C=C2C(=O)N(C)C(=S)N(C)C2=O)C1C. The van der Waals surface area contributed by atoms with Gasteiger partial charge in [0.1, 0.15) is 5.57 Å². The van der Waals surface area contributed by atoms with Crippen molar-refractivity contribution in [2.24, 2.45) is 0 Å². The number of nitrogens with zero attached hydrogens (tertiary/aromatic N) is 3. The number of hydrogen-bond donors (Lipinski definition) is 0. The summed E-state index contributed by atoms with van der Waals surface area (Å²) in [7, 11) is 4.85. The van der Waals surface area contributed by atoms with E-state index in [2.05, 4.69) is 24.8 Å². The molecule has 7 heteroatoms. The molecule has 0 saturated carbocycles. The highest BCUT2D eigenvalue weighted by Gasteiger charge is 2.37. The lowest BCUT2D eigenvalue weighted by molar-refractivity contribution is -0.132. The van der Waals surface area contributed by atoms with Crippen molar-refractivity contribution in [2.45, 2.75) is 25.9 Å². The van der Waals surface area contributed by atoms with E-state index < -0.39 is 0 Å². The van der Waals surface area contributed by atoms with E-state index in [1.165, 1.54) is 9.80 Å². The van der Waals surface area contributed by atoms with Crippen LogP contribution in [-0.2, 0) is 14.3 Å². The summed E-state index contributed by atoms with van der Waals surface area (Å²) in [4.78, 5) is 29.7. The summed E-state index contributed by atoms with van der Waals surface area (Å²) >= 11 is 5.10. The van der Waals surface area contributed by atoms with E-state index in [4.69, 9.17) is 17.0 Å². The molecule has 23 heavy (non-hydrogen) atoms. The van der Waals surface area contributed by atoms with Gasteiger partial charge in [0.05, 0.1) is 6.61 Å². The molecule has 1 fully saturated rings. The molecule has 0 spiro atoms. The number of hydrogen-bond acceptors (Lipinski definition) is 5. The normalized spacial score (nSPS) is 26.2. The van der Waals surface area contributed by atoms with Crippen LogP contribution >= 0.6 is 12.2 Å². The molecule has 2 aliphatic rings. The fourth-order valence-electron chi connectivity index (χ4n) is 2.96. The Bertz CT molecular complexity index is 573. The molecule has 0 bridgehead atoms. The lowest BCUT2D eigenvalue weighted by Gasteiger charge is -2.32. The van der Waals surface area contributed by atoms with Crippen molar-refractivity contribution in [1.82, 2.24) is 14.7 Å². The first-order valence-electron chi connectivity index (χ1n) is 7.57. The van der Waals surface area contributed by atoms with Gasteiger partial charge in [0.2, 0.25) is 0 Å². The maximum Gasteiger partial charge on any atom is 0.265 e. The first kappa shape index (κ1) is 17.8. The van der Waals surface area contributed by atoms with Crippen LogP contribution in [-0.4, -0.2) is 78.1 Å². The van der Waals surface area contributed by atoms with E-state index in [1.54, 1.807) is 27.3 Å². The standard InChI is InChI=1S/C16H23N3O3S/c1-10-8-12(11(2)19(10)6-7-22-5)9-13-14(20)17(3)16(23)18(4)15(13)21/h8-11H,6-7H2,1-5H3. The van der Waals surface area contributed by atoms with E-state index >= 15 is 0 Å². The molecule has 126 valence electrons. The average molecular weight is 337 g/mol. The van der Waals surface area contributed by atoms with Gasteiger partial charge in [-0.3, -0.25) is 24.3 Å². The molecule has 0 aliphatic carbocycles. The van der Waals surface area contributed by atoms with Crippen LogP contribution in [0.15, 0.2) is 23.3 Å². The Morgan fingerprint density at radius 2 is 1.78 bits per heavy atom. The second-order valence-corrected chi connectivity index (χ2v) is 6.25. The molecule has 2 unspecified atom stereocenters. The van der Waals surface area contributed by atoms with Gasteiger partial charge in [0.15, 0.2) is 5.11 Å². The maximum atomic E-state index is 12.4. The van der Waals surface area contributed by atoms with Crippen LogP contribution in [0.5, 0.6) is 0 Å². The van der Waals surface area contributed by atoms with Crippen LogP contribution in [0.4, 0.5) is 0 Å². The van der Waals surface area contributed by atoms with Gasteiger partial charge >= 0.3 is 0 Å². The van der Waals surface area contributed by atoms with Crippen LogP contribution in [0.2, 0.25) is 0 Å². The van der Waals surface area contributed by atoms with Gasteiger partial charge in [-0.15, -0.1) is 0 Å². The minimum Gasteiger partial charge on any atom is -0.383 e. The molecular weight excluding hydrogens is 314 g/mol. The molecule has 0 aromatic rings. The lowest BCUT2D eigenvalue weighted by atomic mass is 10.0. The van der Waals surface area contributed by atoms with E-state index in [-0.39, 0.29) is 34.6 Å². The molecule has 1 saturated heterocycles. The Hall–Kier alpha value is -1.57. The molecule has 0 aromatic carbocycles. The van der Waals surface area contributed by atoms with Gasteiger partial charge in [0, 0.05) is 39.8 Å². The van der Waals surface area contributed by atoms with Crippen LogP contribution in [0.1, 0.15) is 13.8 Å². The van der Waals surface area contributed by atoms with Crippen molar-refractivity contribution >= 4 is 29.1 Å². The van der Waals surface area contributed by atoms with E-state index in [0.717, 1.165) is 12.1 Å². The Balaban J connectivity index is 2.27. The largest absolute Gasteiger partial charge is 0.383 e. The summed E-state index contributed by atoms with van der Waals surface area (Å²) in [5, 5.41) is 0.223. The molecule has 2 atom stereocenters. The van der Waals surface area contributed by atoms with Gasteiger partial charge in [-0.05, 0) is 37.7 Å². The van der Waals surface area contributed by atoms with Crippen LogP contribution in [0, 0.1) is 0 Å². The molecule has 2 aliphatic heterocycles. The summed E-state index contributed by atoms with van der Waals surface area (Å²) in [5.41, 5.74) is 1.13. The molecule has 2 amide bonds. The lowest BCUT2D eigenvalue weighted by Crippen LogP contribution is -2.53. The maximum absolute atomic E-state index is 12.4. The van der Waals surface area contributed by atoms with Crippen molar-refractivity contribution in [2.75, 3.05) is 34.4 Å². The van der Waals surface area contributed by atoms with E-state index in [9.17, 15) is 9.59 Å². The Kier molecular flexibility index (Phi) is 5.33. The molecule has 0 N–H and O–H groups in total. The Labute approximate surface area is 142 Å². The van der Waals surface area contributed by atoms with Gasteiger partial charge < -0.3 is 4.74 Å². The van der Waals surface area contributed by atoms with E-state index in [1.807, 2.05) is 0 Å². The predicted octanol–water partition coefficient (Wildman–Crippen LogP) is 0.794. The van der Waals surface area contributed by atoms with Crippen molar-refractivity contribution in [1.29, 1.82) is 0 Å². The Morgan fingerprint density at radius 1 is 1.22 bits per heavy atom. The summed E-state index contributed by atoms with van der Waals surface area (Å²) in [6, 6.07) is 0.357. The molecule has 2 heterocycles. The highest BCUT2D eigenvalue weighted by atomic mass is 32.1. The van der Waals surface area contributed by atoms with Crippen molar-refractivity contribution in [3.8, 4) is 0 Å². The number of amides is 2.